The van der Waals surface area contributed by atoms with Crippen LogP contribution in [0.25, 0.3) is 0 Å². The predicted molar refractivity (Wildman–Crippen MR) is 78.8 cm³/mol. The summed E-state index contributed by atoms with van der Waals surface area (Å²) in [6, 6.07) is 1.36. The summed E-state index contributed by atoms with van der Waals surface area (Å²) in [6.07, 6.45) is 3.36. The van der Waals surface area contributed by atoms with Crippen LogP contribution in [0.2, 0.25) is 0 Å². The van der Waals surface area contributed by atoms with Crippen molar-refractivity contribution in [2.24, 2.45) is 5.14 Å². The lowest BCUT2D eigenvalue weighted by molar-refractivity contribution is 0.00578. The maximum absolute atomic E-state index is 11.1. The minimum absolute atomic E-state index is 0.147. The topological polar surface area (TPSA) is 96.4 Å². The van der Waals surface area contributed by atoms with Crippen molar-refractivity contribution in [3.05, 3.63) is 24.3 Å². The lowest BCUT2D eigenvalue weighted by Crippen LogP contribution is -2.41. The number of hydrogen-bond acceptors (Lipinski definition) is 5. The van der Waals surface area contributed by atoms with Gasteiger partial charge in [0.05, 0.1) is 17.7 Å². The first-order valence-corrected chi connectivity index (χ1v) is 8.14. The van der Waals surface area contributed by atoms with Gasteiger partial charge >= 0.3 is 7.12 Å². The normalized spacial score (nSPS) is 21.3. The molecule has 2 rings (SSSR count). The third-order valence-electron chi connectivity index (χ3n) is 3.76. The van der Waals surface area contributed by atoms with Gasteiger partial charge in [0.1, 0.15) is 0 Å². The molecule has 1 aliphatic rings. The van der Waals surface area contributed by atoms with E-state index in [1.165, 1.54) is 10.7 Å². The fourth-order valence-electron chi connectivity index (χ4n) is 1.84. The third-order valence-corrected chi connectivity index (χ3v) is 4.57. The molecule has 1 aromatic heterocycles. The van der Waals surface area contributed by atoms with E-state index in [1.54, 1.807) is 12.2 Å². The Morgan fingerprint density at radius 1 is 1.33 bits per heavy atom. The van der Waals surface area contributed by atoms with Crippen LogP contribution in [0.4, 0.5) is 0 Å². The van der Waals surface area contributed by atoms with Gasteiger partial charge in [-0.2, -0.15) is 5.10 Å². The van der Waals surface area contributed by atoms with Gasteiger partial charge in [0.2, 0.25) is 0 Å². The molecule has 0 amide bonds. The molecule has 1 aliphatic heterocycles. The van der Waals surface area contributed by atoms with Gasteiger partial charge in [-0.05, 0) is 33.8 Å². The highest BCUT2D eigenvalue weighted by Crippen LogP contribution is 2.36. The van der Waals surface area contributed by atoms with E-state index < -0.39 is 17.1 Å². The quantitative estimate of drug-likeness (QED) is 0.826. The smallest absolute Gasteiger partial charge is 0.400 e. The van der Waals surface area contributed by atoms with Crippen molar-refractivity contribution in [3.8, 4) is 0 Å². The highest BCUT2D eigenvalue weighted by molar-refractivity contribution is 7.89. The van der Waals surface area contributed by atoms with Crippen LogP contribution >= 0.6 is 0 Å². The van der Waals surface area contributed by atoms with Crippen molar-refractivity contribution >= 4 is 17.1 Å². The zero-order valence-corrected chi connectivity index (χ0v) is 13.4. The minimum atomic E-state index is -3.76. The fourth-order valence-corrected chi connectivity index (χ4v) is 2.31. The minimum Gasteiger partial charge on any atom is -0.400 e. The zero-order valence-electron chi connectivity index (χ0n) is 12.6. The van der Waals surface area contributed by atoms with E-state index in [0.29, 0.717) is 6.54 Å². The van der Waals surface area contributed by atoms with Crippen molar-refractivity contribution in [2.75, 3.05) is 0 Å². The largest absolute Gasteiger partial charge is 0.486 e. The summed E-state index contributed by atoms with van der Waals surface area (Å²) >= 11 is 0. The molecule has 0 aliphatic carbocycles. The summed E-state index contributed by atoms with van der Waals surface area (Å²) in [6.45, 7) is 8.32. The summed E-state index contributed by atoms with van der Waals surface area (Å²) < 4.78 is 35.3. The second kappa shape index (κ2) is 5.24. The Hall–Kier alpha value is -1.16. The van der Waals surface area contributed by atoms with Gasteiger partial charge < -0.3 is 9.31 Å². The number of rotatable bonds is 4. The molecular weight excluding hydrogens is 293 g/mol. The monoisotopic (exact) mass is 313 g/mol. The van der Waals surface area contributed by atoms with Crippen LogP contribution in [0, 0.1) is 0 Å². The summed E-state index contributed by atoms with van der Waals surface area (Å²) in [5.41, 5.74) is -0.761. The van der Waals surface area contributed by atoms with E-state index in [9.17, 15) is 8.42 Å². The van der Waals surface area contributed by atoms with Gasteiger partial charge in [0.25, 0.3) is 10.0 Å². The molecule has 0 radical (unpaired) electrons. The number of nitrogens with two attached hydrogens (primary N) is 1. The van der Waals surface area contributed by atoms with Gasteiger partial charge in [-0.25, -0.2) is 13.6 Å². The molecule has 0 aromatic carbocycles. The molecule has 0 saturated carbocycles. The van der Waals surface area contributed by atoms with Crippen LogP contribution in [-0.4, -0.2) is 36.5 Å². The molecule has 2 heterocycles. The van der Waals surface area contributed by atoms with E-state index >= 15 is 0 Å². The fraction of sp³-hybridized carbons (Fsp3) is 0.583. The first-order chi connectivity index (χ1) is 9.51. The Morgan fingerprint density at radius 2 is 1.90 bits per heavy atom. The van der Waals surface area contributed by atoms with Crippen molar-refractivity contribution in [1.82, 2.24) is 9.78 Å². The predicted octanol–water partition coefficient (Wildman–Crippen LogP) is 0.718. The molecule has 9 heteroatoms. The van der Waals surface area contributed by atoms with Crippen LogP contribution in [0.1, 0.15) is 27.7 Å². The Kier molecular flexibility index (Phi) is 4.05. The second-order valence-corrected chi connectivity index (χ2v) is 7.48. The molecule has 1 fully saturated rings. The summed E-state index contributed by atoms with van der Waals surface area (Å²) in [4.78, 5) is 0. The molecule has 21 heavy (non-hydrogen) atoms. The van der Waals surface area contributed by atoms with Crippen molar-refractivity contribution < 1.29 is 17.7 Å². The number of aromatic nitrogens is 2. The van der Waals surface area contributed by atoms with Crippen LogP contribution in [0.3, 0.4) is 0 Å². The average molecular weight is 313 g/mol. The van der Waals surface area contributed by atoms with Crippen LogP contribution in [0.15, 0.2) is 29.3 Å². The average Bonchev–Trinajstić information content (AvgIpc) is 2.82. The lowest BCUT2D eigenvalue weighted by Gasteiger charge is -2.32. The van der Waals surface area contributed by atoms with Crippen LogP contribution in [0.5, 0.6) is 0 Å². The standard InChI is InChI=1S/C12H20BN3O4S/c1-11(2)12(3,4)20-13(19-11)7-5-8-16-9-6-10(15-16)21(14,17)18/h5-7,9H,8H2,1-4H3,(H2,14,17,18)/b7-5+. The molecule has 0 bridgehead atoms. The van der Waals surface area contributed by atoms with E-state index in [-0.39, 0.29) is 16.2 Å². The Labute approximate surface area is 125 Å². The molecule has 1 aromatic rings. The number of primary sulfonamides is 1. The van der Waals surface area contributed by atoms with Crippen molar-refractivity contribution in [3.63, 3.8) is 0 Å². The van der Waals surface area contributed by atoms with Crippen LogP contribution in [-0.2, 0) is 25.9 Å². The maximum atomic E-state index is 11.1. The summed E-state index contributed by atoms with van der Waals surface area (Å²) in [5.74, 6) is 1.79. The number of allylic oxidation sites excluding steroid dienone is 1. The van der Waals surface area contributed by atoms with Gasteiger partial charge in [-0.3, -0.25) is 4.68 Å². The first-order valence-electron chi connectivity index (χ1n) is 6.60. The summed E-state index contributed by atoms with van der Waals surface area (Å²) in [5, 5.41) is 8.72. The maximum Gasteiger partial charge on any atom is 0.486 e. The zero-order chi connectivity index (χ0) is 15.9. The lowest BCUT2D eigenvalue weighted by atomic mass is 9.90. The van der Waals surface area contributed by atoms with Gasteiger partial charge in [-0.1, -0.05) is 12.1 Å². The van der Waals surface area contributed by atoms with E-state index in [4.69, 9.17) is 14.4 Å². The molecule has 2 N–H and O–H groups in total. The number of sulfonamides is 1. The molecule has 0 unspecified atom stereocenters. The summed E-state index contributed by atoms with van der Waals surface area (Å²) in [7, 11) is -4.19. The molecule has 0 atom stereocenters. The van der Waals surface area contributed by atoms with Crippen LogP contribution < -0.4 is 5.14 Å². The van der Waals surface area contributed by atoms with Gasteiger partial charge in [-0.15, -0.1) is 0 Å². The van der Waals surface area contributed by atoms with Gasteiger partial charge in [0.15, 0.2) is 5.03 Å². The number of hydrogen-bond donors (Lipinski definition) is 1. The second-order valence-electron chi connectivity index (χ2n) is 5.97. The Morgan fingerprint density at radius 3 is 2.38 bits per heavy atom. The molecule has 7 nitrogen and oxygen atoms in total. The highest BCUT2D eigenvalue weighted by atomic mass is 32.2. The van der Waals surface area contributed by atoms with Crippen molar-refractivity contribution in [2.45, 2.75) is 50.5 Å². The Bertz CT molecular complexity index is 635. The highest BCUT2D eigenvalue weighted by Gasteiger charge is 2.49. The number of nitrogens with zero attached hydrogens (tertiary/aromatic N) is 2. The third kappa shape index (κ3) is 3.54. The molecule has 116 valence electrons. The van der Waals surface area contributed by atoms with E-state index in [1.807, 2.05) is 33.8 Å². The van der Waals surface area contributed by atoms with Crippen molar-refractivity contribution in [1.29, 1.82) is 0 Å². The van der Waals surface area contributed by atoms with Gasteiger partial charge in [0, 0.05) is 6.20 Å². The Balaban J connectivity index is 1.97. The molecular formula is C12H20BN3O4S. The SMILES string of the molecule is CC1(C)OB(/C=C/Cn2ccc(S(N)(=O)=O)n2)OC1(C)C. The van der Waals surface area contributed by atoms with E-state index in [0.717, 1.165) is 0 Å². The van der Waals surface area contributed by atoms with E-state index in [2.05, 4.69) is 5.10 Å². The first kappa shape index (κ1) is 16.2. The molecule has 0 spiro atoms. The molecule has 1 saturated heterocycles.